The van der Waals surface area contributed by atoms with Crippen LogP contribution < -0.4 is 11.2 Å². The van der Waals surface area contributed by atoms with Gasteiger partial charge in [-0.15, -0.1) is 0 Å². The summed E-state index contributed by atoms with van der Waals surface area (Å²) in [6.07, 6.45) is 0. The smallest absolute Gasteiger partial charge is 0.245 e. The minimum atomic E-state index is -0.546. The molecule has 0 aliphatic heterocycles. The van der Waals surface area contributed by atoms with Gasteiger partial charge in [0.1, 0.15) is 12.4 Å². The molecule has 1 unspecified atom stereocenters. The van der Waals surface area contributed by atoms with E-state index in [1.807, 2.05) is 30.3 Å². The summed E-state index contributed by atoms with van der Waals surface area (Å²) in [6, 6.07) is 16.1. The van der Waals surface area contributed by atoms with Gasteiger partial charge in [0.05, 0.1) is 6.04 Å². The van der Waals surface area contributed by atoms with Gasteiger partial charge in [-0.05, 0) is 23.3 Å². The largest absolute Gasteiger partial charge is 0.508 e. The maximum Gasteiger partial charge on any atom is 0.245 e. The average molecular weight is 272 g/mol. The monoisotopic (exact) mass is 272 g/mol. The van der Waals surface area contributed by atoms with Gasteiger partial charge in [-0.25, -0.2) is 0 Å². The van der Waals surface area contributed by atoms with E-state index in [0.717, 1.165) is 11.1 Å². The van der Waals surface area contributed by atoms with Crippen molar-refractivity contribution in [3.8, 4) is 5.75 Å². The van der Waals surface area contributed by atoms with Crippen LogP contribution in [0.1, 0.15) is 17.2 Å². The maximum atomic E-state index is 10.7. The van der Waals surface area contributed by atoms with Crippen molar-refractivity contribution in [1.82, 2.24) is 5.48 Å². The molecule has 0 spiro atoms. The number of carbonyl (C=O) groups excluding carboxylic acids is 1. The van der Waals surface area contributed by atoms with Gasteiger partial charge in [0, 0.05) is 0 Å². The second-order valence-corrected chi connectivity index (χ2v) is 4.31. The van der Waals surface area contributed by atoms with E-state index in [1.165, 1.54) is 0 Å². The van der Waals surface area contributed by atoms with Gasteiger partial charge in [-0.1, -0.05) is 42.5 Å². The van der Waals surface area contributed by atoms with E-state index < -0.39 is 5.91 Å². The zero-order valence-electron chi connectivity index (χ0n) is 10.8. The fourth-order valence-corrected chi connectivity index (χ4v) is 1.84. The van der Waals surface area contributed by atoms with E-state index in [1.54, 1.807) is 24.3 Å². The normalized spacial score (nSPS) is 12.0. The molecule has 0 aliphatic carbocycles. The van der Waals surface area contributed by atoms with E-state index in [2.05, 4.69) is 5.48 Å². The molecule has 4 N–H and O–H groups in total. The number of phenols is 1. The van der Waals surface area contributed by atoms with Crippen molar-refractivity contribution >= 4 is 5.91 Å². The zero-order valence-corrected chi connectivity index (χ0v) is 10.8. The van der Waals surface area contributed by atoms with Crippen LogP contribution in [0.15, 0.2) is 54.6 Å². The fourth-order valence-electron chi connectivity index (χ4n) is 1.84. The number of primary amides is 1. The van der Waals surface area contributed by atoms with Crippen LogP contribution in [0.25, 0.3) is 0 Å². The molecule has 0 fully saturated rings. The molecule has 5 nitrogen and oxygen atoms in total. The first-order chi connectivity index (χ1) is 9.66. The first-order valence-electron chi connectivity index (χ1n) is 6.16. The lowest BCUT2D eigenvalue weighted by molar-refractivity contribution is -0.125. The highest BCUT2D eigenvalue weighted by atomic mass is 16.6. The van der Waals surface area contributed by atoms with Crippen molar-refractivity contribution in [3.05, 3.63) is 65.7 Å². The van der Waals surface area contributed by atoms with Gasteiger partial charge in [-0.3, -0.25) is 9.63 Å². The maximum absolute atomic E-state index is 10.7. The number of aromatic hydroxyl groups is 1. The van der Waals surface area contributed by atoms with Gasteiger partial charge >= 0.3 is 0 Å². The molecular weight excluding hydrogens is 256 g/mol. The predicted molar refractivity (Wildman–Crippen MR) is 74.7 cm³/mol. The van der Waals surface area contributed by atoms with E-state index in [4.69, 9.17) is 10.6 Å². The molecule has 1 atom stereocenters. The van der Waals surface area contributed by atoms with Crippen molar-refractivity contribution in [2.75, 3.05) is 6.61 Å². The fraction of sp³-hybridized carbons (Fsp3) is 0.133. The molecular formula is C15H16N2O3. The Bertz CT molecular complexity index is 555. The van der Waals surface area contributed by atoms with E-state index >= 15 is 0 Å². The first kappa shape index (κ1) is 14.0. The van der Waals surface area contributed by atoms with Gasteiger partial charge < -0.3 is 10.8 Å². The van der Waals surface area contributed by atoms with Crippen LogP contribution in [0.5, 0.6) is 5.75 Å². The lowest BCUT2D eigenvalue weighted by Gasteiger charge is -2.19. The Kier molecular flexibility index (Phi) is 4.70. The van der Waals surface area contributed by atoms with E-state index in [0.29, 0.717) is 0 Å². The highest BCUT2D eigenvalue weighted by Crippen LogP contribution is 2.23. The Morgan fingerprint density at radius 1 is 1.10 bits per heavy atom. The van der Waals surface area contributed by atoms with Crippen LogP contribution in [0.3, 0.4) is 0 Å². The number of rotatable bonds is 6. The number of phenolic OH excluding ortho intramolecular Hbond substituents is 1. The van der Waals surface area contributed by atoms with Gasteiger partial charge in [-0.2, -0.15) is 5.48 Å². The lowest BCUT2D eigenvalue weighted by Crippen LogP contribution is -2.28. The summed E-state index contributed by atoms with van der Waals surface area (Å²) in [4.78, 5) is 15.8. The highest BCUT2D eigenvalue weighted by molar-refractivity contribution is 5.74. The molecule has 2 aromatic rings. The Hall–Kier alpha value is -2.37. The summed E-state index contributed by atoms with van der Waals surface area (Å²) in [7, 11) is 0. The highest BCUT2D eigenvalue weighted by Gasteiger charge is 2.14. The Morgan fingerprint density at radius 2 is 1.70 bits per heavy atom. The SMILES string of the molecule is NC(=O)CONC(c1ccccc1)c1ccc(O)cc1. The molecule has 0 aromatic heterocycles. The van der Waals surface area contributed by atoms with Crippen LogP contribution in [0.4, 0.5) is 0 Å². The summed E-state index contributed by atoms with van der Waals surface area (Å²) >= 11 is 0. The minimum Gasteiger partial charge on any atom is -0.508 e. The van der Waals surface area contributed by atoms with Crippen molar-refractivity contribution in [1.29, 1.82) is 0 Å². The van der Waals surface area contributed by atoms with Gasteiger partial charge in [0.25, 0.3) is 0 Å². The van der Waals surface area contributed by atoms with Crippen molar-refractivity contribution in [2.24, 2.45) is 5.73 Å². The number of hydrogen-bond acceptors (Lipinski definition) is 4. The van der Waals surface area contributed by atoms with Gasteiger partial charge in [0.15, 0.2) is 0 Å². The second-order valence-electron chi connectivity index (χ2n) is 4.31. The number of carbonyl (C=O) groups is 1. The van der Waals surface area contributed by atoms with E-state index in [-0.39, 0.29) is 18.4 Å². The number of nitrogens with two attached hydrogens (primary N) is 1. The average Bonchev–Trinajstić information content (AvgIpc) is 2.46. The summed E-state index contributed by atoms with van der Waals surface area (Å²) in [5, 5.41) is 9.35. The predicted octanol–water partition coefficient (Wildman–Crippen LogP) is 1.49. The third-order valence-electron chi connectivity index (χ3n) is 2.77. The third-order valence-corrected chi connectivity index (χ3v) is 2.77. The molecule has 20 heavy (non-hydrogen) atoms. The van der Waals surface area contributed by atoms with Crippen LogP contribution in [-0.4, -0.2) is 17.6 Å². The van der Waals surface area contributed by atoms with Crippen LogP contribution in [0, 0.1) is 0 Å². The molecule has 0 radical (unpaired) electrons. The summed E-state index contributed by atoms with van der Waals surface area (Å²) in [6.45, 7) is -0.207. The summed E-state index contributed by atoms with van der Waals surface area (Å²) < 4.78 is 0. The molecule has 0 saturated carbocycles. The minimum absolute atomic E-state index is 0.193. The number of hydroxylamine groups is 1. The quantitative estimate of drug-likeness (QED) is 0.695. The Morgan fingerprint density at radius 3 is 2.30 bits per heavy atom. The molecule has 104 valence electrons. The molecule has 5 heteroatoms. The first-order valence-corrected chi connectivity index (χ1v) is 6.16. The van der Waals surface area contributed by atoms with E-state index in [9.17, 15) is 9.90 Å². The number of hydrogen-bond donors (Lipinski definition) is 3. The molecule has 0 saturated heterocycles. The summed E-state index contributed by atoms with van der Waals surface area (Å²) in [5.41, 5.74) is 9.74. The zero-order chi connectivity index (χ0) is 14.4. The van der Waals surface area contributed by atoms with Crippen molar-refractivity contribution in [2.45, 2.75) is 6.04 Å². The van der Waals surface area contributed by atoms with Crippen LogP contribution in [0.2, 0.25) is 0 Å². The summed E-state index contributed by atoms with van der Waals surface area (Å²) in [5.74, 6) is -0.353. The topological polar surface area (TPSA) is 84.6 Å². The molecule has 0 aliphatic rings. The number of benzene rings is 2. The molecule has 0 heterocycles. The molecule has 0 bridgehead atoms. The van der Waals surface area contributed by atoms with Gasteiger partial charge in [0.2, 0.25) is 5.91 Å². The molecule has 2 aromatic carbocycles. The Balaban J connectivity index is 2.20. The lowest BCUT2D eigenvalue weighted by atomic mass is 9.99. The van der Waals surface area contributed by atoms with Crippen molar-refractivity contribution < 1.29 is 14.7 Å². The third kappa shape index (κ3) is 3.81. The standard InChI is InChI=1S/C15H16N2O3/c16-14(19)10-20-17-15(11-4-2-1-3-5-11)12-6-8-13(18)9-7-12/h1-9,15,17-18H,10H2,(H2,16,19). The van der Waals surface area contributed by atoms with Crippen LogP contribution in [-0.2, 0) is 9.63 Å². The number of nitrogens with one attached hydrogen (secondary N) is 1. The van der Waals surface area contributed by atoms with Crippen LogP contribution >= 0.6 is 0 Å². The van der Waals surface area contributed by atoms with Crippen molar-refractivity contribution in [3.63, 3.8) is 0 Å². The second kappa shape index (κ2) is 6.70. The Labute approximate surface area is 116 Å². The molecule has 1 amide bonds. The number of amides is 1. The molecule has 2 rings (SSSR count).